The number of ether oxygens (including phenoxy) is 2. The third kappa shape index (κ3) is 7.47. The van der Waals surface area contributed by atoms with Crippen LogP contribution >= 0.6 is 14.7 Å². The SMILES string of the molecule is Cc1nc2c(ncn2[C@@H]2O[C@H](COP(C)(=S)O[C@@H]3C(C)[C@H](n4ccc5c(NC(=O)c6ccccc6)ncnc54)O[C@@H]3CO)C(C)[C@@H]2O[P+](=O)O)c(=O)[nH]1. The predicted octanol–water partition coefficient (Wildman–Crippen LogP) is 3.56. The highest BCUT2D eigenvalue weighted by Crippen LogP contribution is 2.52. The van der Waals surface area contributed by atoms with Crippen LogP contribution in [-0.4, -0.2) is 94.3 Å². The van der Waals surface area contributed by atoms with E-state index in [4.69, 9.17) is 34.9 Å². The Labute approximate surface area is 308 Å². The van der Waals surface area contributed by atoms with Crippen molar-refractivity contribution in [1.82, 2.24) is 34.1 Å². The Morgan fingerprint density at radius 3 is 2.55 bits per heavy atom. The molecule has 2 saturated heterocycles. The van der Waals surface area contributed by atoms with Gasteiger partial charge in [0.15, 0.2) is 30.0 Å². The average Bonchev–Trinajstić information content (AvgIpc) is 3.89. The fourth-order valence-corrected chi connectivity index (χ4v) is 8.99. The summed E-state index contributed by atoms with van der Waals surface area (Å²) in [6.45, 7) is 3.53. The molecule has 1 aromatic carbocycles. The number of aryl methyl sites for hydroxylation is 1. The van der Waals surface area contributed by atoms with E-state index in [1.807, 2.05) is 13.0 Å². The van der Waals surface area contributed by atoms with Gasteiger partial charge in [-0.1, -0.05) is 32.0 Å². The number of nitrogens with zero attached hydrogens (tertiary/aromatic N) is 6. The fraction of sp³-hybridized carbons (Fsp3) is 0.438. The molecule has 4 aromatic heterocycles. The van der Waals surface area contributed by atoms with Gasteiger partial charge in [-0.3, -0.25) is 14.2 Å². The lowest BCUT2D eigenvalue weighted by Crippen LogP contribution is -2.31. The molecule has 2 aliphatic rings. The molecule has 2 aliphatic heterocycles. The molecule has 1 amide bonds. The molecule has 53 heavy (non-hydrogen) atoms. The number of anilines is 1. The Bertz CT molecular complexity index is 2270. The highest BCUT2D eigenvalue weighted by atomic mass is 32.5. The van der Waals surface area contributed by atoms with Crippen molar-refractivity contribution in [2.45, 2.75) is 57.6 Å². The smallest absolute Gasteiger partial charge is 0.394 e. The molecular weight excluding hydrogens is 750 g/mol. The molecule has 7 rings (SSSR count). The summed E-state index contributed by atoms with van der Waals surface area (Å²) in [6.07, 6.45) is -0.114. The van der Waals surface area contributed by atoms with Crippen LogP contribution in [0.3, 0.4) is 0 Å². The van der Waals surface area contributed by atoms with Crippen LogP contribution in [0, 0.1) is 18.8 Å². The van der Waals surface area contributed by atoms with Gasteiger partial charge in [-0.15, -0.1) is 9.42 Å². The maximum absolute atomic E-state index is 12.9. The van der Waals surface area contributed by atoms with Gasteiger partial charge in [-0.25, -0.2) is 19.9 Å². The van der Waals surface area contributed by atoms with Crippen LogP contribution < -0.4 is 10.9 Å². The second kappa shape index (κ2) is 15.1. The van der Waals surface area contributed by atoms with Crippen LogP contribution in [0.5, 0.6) is 0 Å². The van der Waals surface area contributed by atoms with Crippen LogP contribution in [0.1, 0.15) is 42.5 Å². The highest BCUT2D eigenvalue weighted by molar-refractivity contribution is 8.09. The zero-order chi connectivity index (χ0) is 37.6. The number of fused-ring (bicyclic) bond motifs is 2. The maximum Gasteiger partial charge on any atom is 0.695 e. The Hall–Kier alpha value is -3.87. The van der Waals surface area contributed by atoms with Crippen LogP contribution in [0.2, 0.25) is 0 Å². The summed E-state index contributed by atoms with van der Waals surface area (Å²) in [5.41, 5.74) is 0.863. The van der Waals surface area contributed by atoms with Crippen molar-refractivity contribution in [3.8, 4) is 0 Å². The molecule has 4 N–H and O–H groups in total. The zero-order valence-corrected chi connectivity index (χ0v) is 31.5. The van der Waals surface area contributed by atoms with Gasteiger partial charge in [0.2, 0.25) is 0 Å². The van der Waals surface area contributed by atoms with E-state index in [1.165, 1.54) is 17.2 Å². The van der Waals surface area contributed by atoms with Gasteiger partial charge in [0.1, 0.15) is 42.1 Å². The summed E-state index contributed by atoms with van der Waals surface area (Å²) >= 11 is 5.85. The molecule has 280 valence electrons. The van der Waals surface area contributed by atoms with E-state index in [9.17, 15) is 24.2 Å². The molecule has 10 atom stereocenters. The number of aromatic amines is 1. The minimum Gasteiger partial charge on any atom is -0.394 e. The first-order valence-electron chi connectivity index (χ1n) is 16.6. The first-order valence-corrected chi connectivity index (χ1v) is 20.8. The van der Waals surface area contributed by atoms with Crippen molar-refractivity contribution >= 4 is 60.5 Å². The molecule has 21 heteroatoms. The number of aliphatic hydroxyl groups excluding tert-OH is 1. The van der Waals surface area contributed by atoms with Crippen LogP contribution in [0.25, 0.3) is 22.2 Å². The molecule has 0 spiro atoms. The number of aromatic nitrogens is 7. The minimum absolute atomic E-state index is 0.0565. The summed E-state index contributed by atoms with van der Waals surface area (Å²) in [4.78, 5) is 54.9. The lowest BCUT2D eigenvalue weighted by atomic mass is 10.0. The Morgan fingerprint density at radius 2 is 1.81 bits per heavy atom. The van der Waals surface area contributed by atoms with Gasteiger partial charge in [0.05, 0.1) is 31.0 Å². The van der Waals surface area contributed by atoms with Gasteiger partial charge >= 0.3 is 8.25 Å². The summed E-state index contributed by atoms with van der Waals surface area (Å²) < 4.78 is 45.8. The third-order valence-electron chi connectivity index (χ3n) is 9.40. The van der Waals surface area contributed by atoms with E-state index in [2.05, 4.69) is 30.2 Å². The number of H-pyrrole nitrogens is 1. The molecular formula is C32H37N8O10P2S+. The number of hydrogen-bond donors (Lipinski definition) is 4. The van der Waals surface area contributed by atoms with E-state index in [-0.39, 0.29) is 36.2 Å². The quantitative estimate of drug-likeness (QED) is 0.133. The van der Waals surface area contributed by atoms with E-state index >= 15 is 0 Å². The van der Waals surface area contributed by atoms with E-state index in [0.29, 0.717) is 28.2 Å². The molecule has 0 aliphatic carbocycles. The zero-order valence-electron chi connectivity index (χ0n) is 28.9. The number of carbonyl (C=O) groups excluding carboxylic acids is 1. The van der Waals surface area contributed by atoms with Crippen molar-refractivity contribution in [3.05, 3.63) is 77.0 Å². The van der Waals surface area contributed by atoms with Crippen LogP contribution in [0.15, 0.2) is 60.0 Å². The Morgan fingerprint density at radius 1 is 1.06 bits per heavy atom. The molecule has 5 aromatic rings. The van der Waals surface area contributed by atoms with Gasteiger partial charge in [0, 0.05) is 34.8 Å². The van der Waals surface area contributed by atoms with Crippen molar-refractivity contribution in [1.29, 1.82) is 0 Å². The standard InChI is InChI=1S/C32H36N8O10P2S/c1-16-22(48-32(25(16)49-51(44)45)40-15-35-23-28(40)36-18(3)37-30(23)43)13-46-52(4,53)50-24-17(2)31(47-21(24)12-41)39-11-10-20-26(33-14-34-27(20)39)38-29(42)19-8-6-5-7-9-19/h5-11,14-17,21-22,24-25,31-32,41H,12-13H2,1-4H3,(H2-,33,34,36,37,38,42,43,44,45)/p+1/t16?,17?,21-,22-,24-,25+,31-,32-,52?/m1/s1. The molecule has 0 bridgehead atoms. The van der Waals surface area contributed by atoms with Gasteiger partial charge in [0.25, 0.3) is 11.5 Å². The monoisotopic (exact) mass is 787 g/mol. The molecule has 18 nitrogen and oxygen atoms in total. The van der Waals surface area contributed by atoms with Gasteiger partial charge in [-0.2, -0.15) is 0 Å². The van der Waals surface area contributed by atoms with Crippen molar-refractivity contribution in [2.24, 2.45) is 11.8 Å². The van der Waals surface area contributed by atoms with Crippen molar-refractivity contribution in [2.75, 3.05) is 25.2 Å². The molecule has 2 fully saturated rings. The summed E-state index contributed by atoms with van der Waals surface area (Å²) in [5, 5.41) is 13.8. The Balaban J connectivity index is 1.05. The topological polar surface area (TPSA) is 227 Å². The normalized spacial score (nSPS) is 27.3. The predicted molar refractivity (Wildman–Crippen MR) is 194 cm³/mol. The molecule has 6 heterocycles. The second-order valence-electron chi connectivity index (χ2n) is 13.0. The van der Waals surface area contributed by atoms with E-state index < -0.39 is 63.1 Å². The lowest BCUT2D eigenvalue weighted by molar-refractivity contribution is -0.0474. The number of benzene rings is 1. The van der Waals surface area contributed by atoms with Gasteiger partial charge < -0.3 is 38.5 Å². The number of rotatable bonds is 12. The first-order chi connectivity index (χ1) is 25.3. The third-order valence-corrected chi connectivity index (χ3v) is 11.6. The largest absolute Gasteiger partial charge is 0.695 e. The molecule has 0 saturated carbocycles. The van der Waals surface area contributed by atoms with Crippen LogP contribution in [0.4, 0.5) is 5.82 Å². The average molecular weight is 788 g/mol. The van der Waals surface area contributed by atoms with Gasteiger partial charge in [-0.05, 0) is 36.9 Å². The van der Waals surface area contributed by atoms with E-state index in [0.717, 1.165) is 0 Å². The second-order valence-corrected chi connectivity index (χ2v) is 17.6. The number of hydrogen-bond acceptors (Lipinski definition) is 14. The first kappa shape index (κ1) is 37.4. The molecule has 0 radical (unpaired) electrons. The minimum atomic E-state index is -3.04. The lowest BCUT2D eigenvalue weighted by Gasteiger charge is -2.28. The molecule has 4 unspecified atom stereocenters. The van der Waals surface area contributed by atoms with Crippen molar-refractivity contribution < 1.29 is 42.4 Å². The maximum atomic E-state index is 12.9. The fourth-order valence-electron chi connectivity index (χ4n) is 6.76. The number of imidazole rings is 1. The van der Waals surface area contributed by atoms with Crippen molar-refractivity contribution in [3.63, 3.8) is 0 Å². The number of nitrogens with one attached hydrogen (secondary N) is 2. The number of carbonyl (C=O) groups is 1. The van der Waals surface area contributed by atoms with Crippen LogP contribution in [-0.2, 0) is 39.4 Å². The number of amides is 1. The van der Waals surface area contributed by atoms with E-state index in [1.54, 1.807) is 61.6 Å². The summed E-state index contributed by atoms with van der Waals surface area (Å²) in [7, 11) is -3.01. The highest BCUT2D eigenvalue weighted by Gasteiger charge is 2.50. The number of aliphatic hydroxyl groups is 1. The summed E-state index contributed by atoms with van der Waals surface area (Å²) in [5.74, 6) is -0.443. The summed E-state index contributed by atoms with van der Waals surface area (Å²) in [6, 6.07) is 10.6. The Kier molecular flexibility index (Phi) is 10.7.